The molecule has 1 heterocycles. The van der Waals surface area contributed by atoms with E-state index in [1.54, 1.807) is 31.2 Å². The van der Waals surface area contributed by atoms with Gasteiger partial charge in [-0.15, -0.1) is 0 Å². The van der Waals surface area contributed by atoms with Crippen LogP contribution in [0.4, 0.5) is 5.69 Å². The van der Waals surface area contributed by atoms with Crippen molar-refractivity contribution < 1.29 is 18.7 Å². The lowest BCUT2D eigenvalue weighted by Gasteiger charge is -2.09. The van der Waals surface area contributed by atoms with Crippen LogP contribution in [0.25, 0.3) is 11.0 Å². The highest BCUT2D eigenvalue weighted by Gasteiger charge is 2.20. The second-order valence-corrected chi connectivity index (χ2v) is 5.96. The van der Waals surface area contributed by atoms with Gasteiger partial charge < -0.3 is 14.5 Å². The topological polar surface area (TPSA) is 68.5 Å². The molecule has 0 atom stereocenters. The van der Waals surface area contributed by atoms with Gasteiger partial charge in [-0.2, -0.15) is 0 Å². The maximum Gasteiger partial charge on any atom is 0.340 e. The van der Waals surface area contributed by atoms with Gasteiger partial charge in [0.2, 0.25) is 0 Å². The van der Waals surface area contributed by atoms with Gasteiger partial charge in [0.05, 0.1) is 17.9 Å². The highest BCUT2D eigenvalue weighted by molar-refractivity contribution is 6.09. The van der Waals surface area contributed by atoms with Gasteiger partial charge in [-0.3, -0.25) is 4.79 Å². The van der Waals surface area contributed by atoms with Crippen molar-refractivity contribution in [1.29, 1.82) is 0 Å². The van der Waals surface area contributed by atoms with E-state index < -0.39 is 11.9 Å². The van der Waals surface area contributed by atoms with E-state index in [2.05, 4.69) is 12.2 Å². The Kier molecular flexibility index (Phi) is 5.07. The number of nitrogens with one attached hydrogen (secondary N) is 1. The van der Waals surface area contributed by atoms with Crippen molar-refractivity contribution in [3.05, 3.63) is 64.9 Å². The number of anilines is 1. The van der Waals surface area contributed by atoms with Crippen molar-refractivity contribution >= 4 is 28.5 Å². The zero-order valence-electron chi connectivity index (χ0n) is 15.1. The molecule has 0 aliphatic carbocycles. The molecule has 0 saturated heterocycles. The van der Waals surface area contributed by atoms with Crippen molar-refractivity contribution in [2.45, 2.75) is 27.2 Å². The standard InChI is InChI=1S/C21H21NO4/c1-4-14-10-11-18-16(12-14)13(3)19(26-18)20(23)22-17-9-7-6-8-15(17)21(24)25-5-2/h6-12H,4-5H2,1-3H3,(H,22,23). The molecule has 26 heavy (non-hydrogen) atoms. The van der Waals surface area contributed by atoms with Crippen LogP contribution in [0.2, 0.25) is 0 Å². The first-order valence-corrected chi connectivity index (χ1v) is 8.64. The summed E-state index contributed by atoms with van der Waals surface area (Å²) in [5.41, 5.74) is 3.33. The van der Waals surface area contributed by atoms with Crippen LogP contribution in [-0.2, 0) is 11.2 Å². The SMILES string of the molecule is CCOC(=O)c1ccccc1NC(=O)c1oc2ccc(CC)cc2c1C. The third-order valence-electron chi connectivity index (χ3n) is 4.29. The van der Waals surface area contributed by atoms with Crippen LogP contribution >= 0.6 is 0 Å². The van der Waals surface area contributed by atoms with Crippen molar-refractivity contribution in [1.82, 2.24) is 0 Å². The van der Waals surface area contributed by atoms with Crippen LogP contribution < -0.4 is 5.32 Å². The summed E-state index contributed by atoms with van der Waals surface area (Å²) < 4.78 is 10.8. The Balaban J connectivity index is 1.93. The smallest absolute Gasteiger partial charge is 0.340 e. The predicted molar refractivity (Wildman–Crippen MR) is 101 cm³/mol. The molecular weight excluding hydrogens is 330 g/mol. The maximum absolute atomic E-state index is 12.7. The van der Waals surface area contributed by atoms with Crippen LogP contribution in [0.1, 0.15) is 45.9 Å². The second-order valence-electron chi connectivity index (χ2n) is 5.96. The van der Waals surface area contributed by atoms with E-state index in [0.29, 0.717) is 16.8 Å². The number of para-hydroxylation sites is 1. The fourth-order valence-electron chi connectivity index (χ4n) is 2.86. The van der Waals surface area contributed by atoms with Crippen molar-refractivity contribution in [3.63, 3.8) is 0 Å². The summed E-state index contributed by atoms with van der Waals surface area (Å²) in [6, 6.07) is 12.7. The zero-order chi connectivity index (χ0) is 18.7. The zero-order valence-corrected chi connectivity index (χ0v) is 15.1. The summed E-state index contributed by atoms with van der Waals surface area (Å²) in [5.74, 6) is -0.627. The number of furan rings is 1. The Morgan fingerprint density at radius 3 is 2.62 bits per heavy atom. The lowest BCUT2D eigenvalue weighted by Crippen LogP contribution is -2.16. The van der Waals surface area contributed by atoms with Gasteiger partial charge in [0.25, 0.3) is 5.91 Å². The summed E-state index contributed by atoms with van der Waals surface area (Å²) in [4.78, 5) is 24.8. The van der Waals surface area contributed by atoms with Gasteiger partial charge in [0.15, 0.2) is 5.76 Å². The maximum atomic E-state index is 12.7. The molecule has 5 nitrogen and oxygen atoms in total. The molecule has 1 amide bonds. The highest BCUT2D eigenvalue weighted by atomic mass is 16.5. The number of rotatable bonds is 5. The van der Waals surface area contributed by atoms with E-state index in [1.807, 2.05) is 25.1 Å². The summed E-state index contributed by atoms with van der Waals surface area (Å²) >= 11 is 0. The predicted octanol–water partition coefficient (Wildman–Crippen LogP) is 4.73. The third-order valence-corrected chi connectivity index (χ3v) is 4.29. The molecule has 134 valence electrons. The molecule has 1 N–H and O–H groups in total. The first-order chi connectivity index (χ1) is 12.5. The quantitative estimate of drug-likeness (QED) is 0.675. The lowest BCUT2D eigenvalue weighted by atomic mass is 10.1. The number of fused-ring (bicyclic) bond motifs is 1. The summed E-state index contributed by atoms with van der Waals surface area (Å²) in [6.45, 7) is 5.94. The molecule has 1 aromatic heterocycles. The third kappa shape index (κ3) is 3.33. The van der Waals surface area contributed by atoms with E-state index in [1.165, 1.54) is 5.56 Å². The van der Waals surface area contributed by atoms with Crippen molar-refractivity contribution in [2.24, 2.45) is 0 Å². The number of carbonyl (C=O) groups is 2. The summed E-state index contributed by atoms with van der Waals surface area (Å²) in [6.07, 6.45) is 0.912. The number of carbonyl (C=O) groups excluding carboxylic acids is 2. The number of hydrogen-bond donors (Lipinski definition) is 1. The number of amides is 1. The van der Waals surface area contributed by atoms with Crippen LogP contribution in [0.15, 0.2) is 46.9 Å². The van der Waals surface area contributed by atoms with Gasteiger partial charge in [-0.25, -0.2) is 4.79 Å². The normalized spacial score (nSPS) is 10.7. The molecule has 0 bridgehead atoms. The molecule has 0 fully saturated rings. The molecule has 0 saturated carbocycles. The molecule has 5 heteroatoms. The van der Waals surface area contributed by atoms with E-state index in [9.17, 15) is 9.59 Å². The fourth-order valence-corrected chi connectivity index (χ4v) is 2.86. The van der Waals surface area contributed by atoms with E-state index in [4.69, 9.17) is 9.15 Å². The molecular formula is C21H21NO4. The Morgan fingerprint density at radius 2 is 1.88 bits per heavy atom. The van der Waals surface area contributed by atoms with Gasteiger partial charge in [0, 0.05) is 10.9 Å². The molecule has 3 aromatic rings. The monoisotopic (exact) mass is 351 g/mol. The minimum Gasteiger partial charge on any atom is -0.462 e. The van der Waals surface area contributed by atoms with Crippen molar-refractivity contribution in [3.8, 4) is 0 Å². The highest BCUT2D eigenvalue weighted by Crippen LogP contribution is 2.27. The summed E-state index contributed by atoms with van der Waals surface area (Å²) in [5, 5.41) is 3.69. The van der Waals surface area contributed by atoms with Crippen LogP contribution in [0, 0.1) is 6.92 Å². The van der Waals surface area contributed by atoms with Gasteiger partial charge in [0.1, 0.15) is 5.58 Å². The number of ether oxygens (including phenoxy) is 1. The summed E-state index contributed by atoms with van der Waals surface area (Å²) in [7, 11) is 0. The van der Waals surface area contributed by atoms with E-state index >= 15 is 0 Å². The Bertz CT molecular complexity index is 971. The minimum atomic E-state index is -0.475. The largest absolute Gasteiger partial charge is 0.462 e. The fraction of sp³-hybridized carbons (Fsp3) is 0.238. The van der Waals surface area contributed by atoms with Crippen LogP contribution in [0.5, 0.6) is 0 Å². The lowest BCUT2D eigenvalue weighted by molar-refractivity contribution is 0.0527. The number of esters is 1. The van der Waals surface area contributed by atoms with Gasteiger partial charge in [-0.05, 0) is 50.1 Å². The van der Waals surface area contributed by atoms with Gasteiger partial charge in [-0.1, -0.05) is 25.1 Å². The van der Waals surface area contributed by atoms with Crippen LogP contribution in [0.3, 0.4) is 0 Å². The number of benzene rings is 2. The molecule has 0 aliphatic heterocycles. The molecule has 0 spiro atoms. The van der Waals surface area contributed by atoms with E-state index in [-0.39, 0.29) is 12.4 Å². The first-order valence-electron chi connectivity index (χ1n) is 8.64. The minimum absolute atomic E-state index is 0.243. The average molecular weight is 351 g/mol. The number of hydrogen-bond acceptors (Lipinski definition) is 4. The Morgan fingerprint density at radius 1 is 1.12 bits per heavy atom. The average Bonchev–Trinajstić information content (AvgIpc) is 2.98. The molecule has 3 rings (SSSR count). The molecule has 0 aliphatic rings. The van der Waals surface area contributed by atoms with Crippen molar-refractivity contribution in [2.75, 3.05) is 11.9 Å². The Hall–Kier alpha value is -3.08. The second kappa shape index (κ2) is 7.44. The molecule has 0 radical (unpaired) electrons. The van der Waals surface area contributed by atoms with E-state index in [0.717, 1.165) is 17.4 Å². The molecule has 2 aromatic carbocycles. The van der Waals surface area contributed by atoms with Gasteiger partial charge >= 0.3 is 5.97 Å². The van der Waals surface area contributed by atoms with Crippen LogP contribution in [-0.4, -0.2) is 18.5 Å². The first kappa shape index (κ1) is 17.7. The Labute approximate surface area is 152 Å². The number of aryl methyl sites for hydroxylation is 2. The molecule has 0 unspecified atom stereocenters.